The number of nitrogens with zero attached hydrogens (tertiary/aromatic N) is 2. The molecule has 1 N–H and O–H groups in total. The zero-order valence-electron chi connectivity index (χ0n) is 13.8. The number of rotatable bonds is 4. The van der Waals surface area contributed by atoms with Crippen LogP contribution in [0, 0.1) is 13.8 Å². The Hall–Kier alpha value is -3.08. The number of hydrogen-bond acceptors (Lipinski definition) is 3. The highest BCUT2D eigenvalue weighted by Gasteiger charge is 2.16. The van der Waals surface area contributed by atoms with Gasteiger partial charge in [0.15, 0.2) is 5.69 Å². The van der Waals surface area contributed by atoms with Crippen molar-refractivity contribution < 1.29 is 14.6 Å². The molecule has 0 bridgehead atoms. The van der Waals surface area contributed by atoms with Crippen molar-refractivity contribution in [2.75, 3.05) is 7.11 Å². The van der Waals surface area contributed by atoms with Gasteiger partial charge in [0.05, 0.1) is 7.11 Å². The molecule has 5 nitrogen and oxygen atoms in total. The van der Waals surface area contributed by atoms with Gasteiger partial charge in [-0.3, -0.25) is 4.57 Å². The van der Waals surface area contributed by atoms with Crippen LogP contribution < -0.4 is 4.74 Å². The number of methoxy groups -OCH3 is 1. The van der Waals surface area contributed by atoms with E-state index < -0.39 is 5.97 Å². The monoisotopic (exact) mass is 322 g/mol. The van der Waals surface area contributed by atoms with E-state index in [1.807, 2.05) is 50.2 Å². The summed E-state index contributed by atoms with van der Waals surface area (Å²) in [5.41, 5.74) is 3.89. The summed E-state index contributed by atoms with van der Waals surface area (Å²) >= 11 is 0. The third kappa shape index (κ3) is 3.01. The summed E-state index contributed by atoms with van der Waals surface area (Å²) < 4.78 is 7.06. The Morgan fingerprint density at radius 3 is 2.46 bits per heavy atom. The van der Waals surface area contributed by atoms with Gasteiger partial charge in [0, 0.05) is 17.4 Å². The van der Waals surface area contributed by atoms with Crippen LogP contribution in [0.4, 0.5) is 0 Å². The Kier molecular flexibility index (Phi) is 4.08. The van der Waals surface area contributed by atoms with Crippen LogP contribution in [-0.4, -0.2) is 27.7 Å². The molecule has 122 valence electrons. The molecule has 3 aromatic rings. The van der Waals surface area contributed by atoms with Crippen molar-refractivity contribution in [2.45, 2.75) is 13.8 Å². The van der Waals surface area contributed by atoms with E-state index in [9.17, 15) is 9.90 Å². The largest absolute Gasteiger partial charge is 0.497 e. The zero-order valence-corrected chi connectivity index (χ0v) is 13.8. The normalized spacial score (nSPS) is 10.6. The number of aromatic nitrogens is 2. The quantitative estimate of drug-likeness (QED) is 0.792. The molecule has 3 rings (SSSR count). The standard InChI is InChI=1S/C19H18N2O3/c1-12-7-13(2)9-15(8-12)21-11-17(19(22)23)20-18(21)14-5-4-6-16(10-14)24-3/h4-11H,1-3H3,(H,22,23). The van der Waals surface area contributed by atoms with Crippen molar-refractivity contribution in [1.82, 2.24) is 9.55 Å². The molecule has 24 heavy (non-hydrogen) atoms. The third-order valence-electron chi connectivity index (χ3n) is 3.74. The fourth-order valence-corrected chi connectivity index (χ4v) is 2.74. The van der Waals surface area contributed by atoms with Crippen molar-refractivity contribution >= 4 is 5.97 Å². The molecule has 0 radical (unpaired) electrons. The van der Waals surface area contributed by atoms with E-state index in [1.54, 1.807) is 17.9 Å². The van der Waals surface area contributed by atoms with Crippen molar-refractivity contribution in [3.8, 4) is 22.8 Å². The maximum absolute atomic E-state index is 11.4. The highest BCUT2D eigenvalue weighted by Crippen LogP contribution is 2.27. The van der Waals surface area contributed by atoms with Crippen LogP contribution in [-0.2, 0) is 0 Å². The van der Waals surface area contributed by atoms with Crippen LogP contribution in [0.5, 0.6) is 5.75 Å². The Labute approximate surface area is 140 Å². The lowest BCUT2D eigenvalue weighted by molar-refractivity contribution is 0.0691. The third-order valence-corrected chi connectivity index (χ3v) is 3.74. The fourth-order valence-electron chi connectivity index (χ4n) is 2.74. The Morgan fingerprint density at radius 2 is 1.83 bits per heavy atom. The van der Waals surface area contributed by atoms with Gasteiger partial charge in [0.2, 0.25) is 0 Å². The van der Waals surface area contributed by atoms with E-state index in [0.717, 1.165) is 22.4 Å². The van der Waals surface area contributed by atoms with Gasteiger partial charge in [-0.15, -0.1) is 0 Å². The maximum atomic E-state index is 11.4. The molecule has 0 saturated carbocycles. The lowest BCUT2D eigenvalue weighted by Crippen LogP contribution is -1.98. The first kappa shape index (κ1) is 15.8. The van der Waals surface area contributed by atoms with E-state index in [1.165, 1.54) is 0 Å². The number of ether oxygens (including phenoxy) is 1. The Bertz CT molecular complexity index is 892. The number of hydrogen-bond donors (Lipinski definition) is 1. The van der Waals surface area contributed by atoms with Gasteiger partial charge >= 0.3 is 5.97 Å². The second kappa shape index (κ2) is 6.20. The minimum Gasteiger partial charge on any atom is -0.497 e. The van der Waals surface area contributed by atoms with Crippen LogP contribution in [0.3, 0.4) is 0 Å². The molecule has 0 saturated heterocycles. The predicted octanol–water partition coefficient (Wildman–Crippen LogP) is 3.86. The van der Waals surface area contributed by atoms with Crippen LogP contribution in [0.2, 0.25) is 0 Å². The molecule has 0 fully saturated rings. The Morgan fingerprint density at radius 1 is 1.12 bits per heavy atom. The zero-order chi connectivity index (χ0) is 17.3. The number of carbonyl (C=O) groups is 1. The molecular weight excluding hydrogens is 304 g/mol. The second-order valence-electron chi connectivity index (χ2n) is 5.70. The second-order valence-corrected chi connectivity index (χ2v) is 5.70. The number of carboxylic acid groups (broad SMARTS) is 1. The first-order valence-electron chi connectivity index (χ1n) is 7.53. The molecule has 0 unspecified atom stereocenters. The van der Waals surface area contributed by atoms with E-state index in [4.69, 9.17) is 4.74 Å². The van der Waals surface area contributed by atoms with E-state index in [2.05, 4.69) is 11.1 Å². The fraction of sp³-hybridized carbons (Fsp3) is 0.158. The summed E-state index contributed by atoms with van der Waals surface area (Å²) in [4.78, 5) is 15.7. The molecule has 0 aliphatic heterocycles. The lowest BCUT2D eigenvalue weighted by atomic mass is 10.1. The summed E-state index contributed by atoms with van der Waals surface area (Å²) in [6.07, 6.45) is 1.55. The van der Waals surface area contributed by atoms with Crippen LogP contribution in [0.1, 0.15) is 21.6 Å². The molecule has 0 amide bonds. The van der Waals surface area contributed by atoms with Crippen molar-refractivity contribution in [3.63, 3.8) is 0 Å². The smallest absolute Gasteiger partial charge is 0.356 e. The van der Waals surface area contributed by atoms with Gasteiger partial charge in [0.1, 0.15) is 11.6 Å². The van der Waals surface area contributed by atoms with Crippen LogP contribution >= 0.6 is 0 Å². The van der Waals surface area contributed by atoms with Crippen LogP contribution in [0.25, 0.3) is 17.1 Å². The number of aryl methyl sites for hydroxylation is 2. The summed E-state index contributed by atoms with van der Waals surface area (Å²) in [5, 5.41) is 9.33. The average molecular weight is 322 g/mol. The molecule has 1 aromatic heterocycles. The van der Waals surface area contributed by atoms with Gasteiger partial charge in [-0.1, -0.05) is 18.2 Å². The van der Waals surface area contributed by atoms with E-state index in [0.29, 0.717) is 11.6 Å². The molecule has 0 aliphatic rings. The summed E-state index contributed by atoms with van der Waals surface area (Å²) in [5.74, 6) is 0.206. The predicted molar refractivity (Wildman–Crippen MR) is 92.0 cm³/mol. The summed E-state index contributed by atoms with van der Waals surface area (Å²) in [6.45, 7) is 4.02. The highest BCUT2D eigenvalue weighted by molar-refractivity contribution is 5.86. The molecule has 5 heteroatoms. The molecular formula is C19H18N2O3. The molecule has 0 atom stereocenters. The SMILES string of the molecule is COc1cccc(-c2nc(C(=O)O)cn2-c2cc(C)cc(C)c2)c1. The highest BCUT2D eigenvalue weighted by atomic mass is 16.5. The van der Waals surface area contributed by atoms with E-state index in [-0.39, 0.29) is 5.69 Å². The summed E-state index contributed by atoms with van der Waals surface area (Å²) in [6, 6.07) is 13.5. The number of benzene rings is 2. The van der Waals surface area contributed by atoms with Gasteiger partial charge < -0.3 is 9.84 Å². The minimum atomic E-state index is -1.05. The van der Waals surface area contributed by atoms with Crippen molar-refractivity contribution in [1.29, 1.82) is 0 Å². The molecule has 2 aromatic carbocycles. The van der Waals surface area contributed by atoms with Crippen LogP contribution in [0.15, 0.2) is 48.7 Å². The number of imidazole rings is 1. The Balaban J connectivity index is 2.23. The van der Waals surface area contributed by atoms with Gasteiger partial charge in [-0.05, 0) is 49.2 Å². The molecule has 0 aliphatic carbocycles. The topological polar surface area (TPSA) is 64.3 Å². The van der Waals surface area contributed by atoms with Gasteiger partial charge in [0.25, 0.3) is 0 Å². The summed E-state index contributed by atoms with van der Waals surface area (Å²) in [7, 11) is 1.60. The minimum absolute atomic E-state index is 0.00646. The first-order chi connectivity index (χ1) is 11.5. The van der Waals surface area contributed by atoms with Gasteiger partial charge in [-0.2, -0.15) is 0 Å². The lowest BCUT2D eigenvalue weighted by Gasteiger charge is -2.10. The maximum Gasteiger partial charge on any atom is 0.356 e. The van der Waals surface area contributed by atoms with Gasteiger partial charge in [-0.25, -0.2) is 9.78 Å². The van der Waals surface area contributed by atoms with Crippen molar-refractivity contribution in [2.24, 2.45) is 0 Å². The number of aromatic carboxylic acids is 1. The number of carboxylic acids is 1. The molecule has 0 spiro atoms. The van der Waals surface area contributed by atoms with E-state index >= 15 is 0 Å². The average Bonchev–Trinajstić information content (AvgIpc) is 2.99. The first-order valence-corrected chi connectivity index (χ1v) is 7.53. The molecule has 1 heterocycles. The van der Waals surface area contributed by atoms with Crippen molar-refractivity contribution in [3.05, 3.63) is 65.5 Å².